The molecule has 8 rings (SSSR count). The van der Waals surface area contributed by atoms with Gasteiger partial charge in [-0.1, -0.05) is 31.7 Å². The molecule has 2 fully saturated rings. The summed E-state index contributed by atoms with van der Waals surface area (Å²) >= 11 is 0. The van der Waals surface area contributed by atoms with E-state index in [1.54, 1.807) is 24.4 Å². The molecule has 4 N–H and O–H groups in total. The molecule has 0 spiro atoms. The largest absolute Gasteiger partial charge is 0.384 e. The van der Waals surface area contributed by atoms with Crippen LogP contribution in [0.25, 0.3) is 21.8 Å². The number of anilines is 2. The number of hydrogen-bond donors (Lipinski definition) is 4. The zero-order chi connectivity index (χ0) is 38.1. The van der Waals surface area contributed by atoms with Crippen LogP contribution >= 0.6 is 0 Å². The minimum atomic E-state index is -0.982. The van der Waals surface area contributed by atoms with Crippen molar-refractivity contribution >= 4 is 62.8 Å². The summed E-state index contributed by atoms with van der Waals surface area (Å²) in [4.78, 5) is 74.9. The van der Waals surface area contributed by atoms with Gasteiger partial charge >= 0.3 is 0 Å². The van der Waals surface area contributed by atoms with Gasteiger partial charge in [0.15, 0.2) is 0 Å². The van der Waals surface area contributed by atoms with Crippen LogP contribution < -0.4 is 16.0 Å². The number of carbonyl (C=O) groups excluding carboxylic acids is 5. The number of fused-ring (bicyclic) bond motifs is 3. The minimum absolute atomic E-state index is 0.0865. The van der Waals surface area contributed by atoms with E-state index < -0.39 is 29.7 Å². The summed E-state index contributed by atoms with van der Waals surface area (Å²) in [6.07, 6.45) is 12.3. The first-order valence-corrected chi connectivity index (χ1v) is 19.3. The summed E-state index contributed by atoms with van der Waals surface area (Å²) in [7, 11) is 2.15. The van der Waals surface area contributed by atoms with Gasteiger partial charge in [-0.25, -0.2) is 4.98 Å². The number of pyridine rings is 1. The Kier molecular flexibility index (Phi) is 10.1. The van der Waals surface area contributed by atoms with Gasteiger partial charge in [0.1, 0.15) is 11.9 Å². The fraction of sp³-hybridized carbons (Fsp3) is 0.390. The number of hydrogen-bond acceptors (Lipinski definition) is 9. The number of nitrogens with zero attached hydrogens (tertiary/aromatic N) is 5. The lowest BCUT2D eigenvalue weighted by Gasteiger charge is -2.27. The van der Waals surface area contributed by atoms with E-state index in [0.29, 0.717) is 29.7 Å². The standard InChI is InChI=1S/C41H45N9O5/c1-48-18-9-12-33(48)31-21-26-23-43-35(22-30(26)45-31)46-38(52)25-13-14-32-27(20-25)24-44-49(32)19-7-5-3-2-4-6-17-42-29-11-8-10-28-37(29)41(55)50(40(28)54)34-15-16-36(51)47-39(34)53/h8,10-11,13-14,20-24,33-34,42,45H,2-7,9,12,15-19H2,1H3,(H,43,46,52)(H,47,51,53)/t33-,34?/m1/s1. The molecule has 3 aliphatic rings. The van der Waals surface area contributed by atoms with Gasteiger partial charge in [-0.2, -0.15) is 5.10 Å². The van der Waals surface area contributed by atoms with E-state index in [-0.39, 0.29) is 29.9 Å². The second kappa shape index (κ2) is 15.5. The number of nitrogens with one attached hydrogen (secondary N) is 4. The third kappa shape index (κ3) is 7.33. The van der Waals surface area contributed by atoms with Gasteiger partial charge in [0.2, 0.25) is 11.8 Å². The maximum atomic E-state index is 13.3. The number of unbranched alkanes of at least 4 members (excludes halogenated alkanes) is 5. The maximum absolute atomic E-state index is 13.3. The fourth-order valence-corrected chi connectivity index (χ4v) is 8.17. The van der Waals surface area contributed by atoms with Crippen molar-refractivity contribution in [3.63, 3.8) is 0 Å². The Morgan fingerprint density at radius 1 is 0.891 bits per heavy atom. The number of amides is 5. The van der Waals surface area contributed by atoms with Gasteiger partial charge in [0.25, 0.3) is 17.7 Å². The number of benzene rings is 2. The predicted molar refractivity (Wildman–Crippen MR) is 208 cm³/mol. The van der Waals surface area contributed by atoms with Crippen molar-refractivity contribution in [2.45, 2.75) is 82.8 Å². The van der Waals surface area contributed by atoms with Gasteiger partial charge in [-0.15, -0.1) is 0 Å². The van der Waals surface area contributed by atoms with Crippen molar-refractivity contribution in [2.24, 2.45) is 0 Å². The molecule has 6 heterocycles. The highest BCUT2D eigenvalue weighted by Gasteiger charge is 2.45. The Labute approximate surface area is 318 Å². The van der Waals surface area contributed by atoms with Crippen molar-refractivity contribution in [3.05, 3.63) is 83.3 Å². The Hall–Kier alpha value is -5.89. The lowest BCUT2D eigenvalue weighted by Crippen LogP contribution is -2.54. The summed E-state index contributed by atoms with van der Waals surface area (Å²) in [5, 5.41) is 15.0. The number of aromatic amines is 1. The minimum Gasteiger partial charge on any atom is -0.384 e. The fourth-order valence-electron chi connectivity index (χ4n) is 8.17. The predicted octanol–water partition coefficient (Wildman–Crippen LogP) is 5.79. The van der Waals surface area contributed by atoms with Gasteiger partial charge in [-0.3, -0.25) is 43.8 Å². The van der Waals surface area contributed by atoms with Crippen LogP contribution in [0.5, 0.6) is 0 Å². The van der Waals surface area contributed by atoms with Crippen molar-refractivity contribution < 1.29 is 24.0 Å². The molecule has 1 unspecified atom stereocenters. The van der Waals surface area contributed by atoms with E-state index in [1.807, 2.05) is 35.1 Å². The Bertz CT molecular complexity index is 2310. The zero-order valence-corrected chi connectivity index (χ0v) is 30.9. The second-order valence-electron chi connectivity index (χ2n) is 14.8. The third-order valence-corrected chi connectivity index (χ3v) is 11.1. The number of H-pyrrole nitrogens is 1. The molecular weight excluding hydrogens is 699 g/mol. The SMILES string of the molecule is CN1CCC[C@@H]1c1cc2cnc(NC(=O)c3ccc4c(cnn4CCCCCCCCNc4cccc5c4C(=O)N(C4CCC(=O)NC4=O)C5=O)c3)cc2[nH]1. The number of aromatic nitrogens is 4. The number of piperidine rings is 1. The number of carbonyl (C=O) groups is 5. The molecular formula is C41H45N9O5. The molecule has 0 saturated carbocycles. The average Bonchev–Trinajstić information content (AvgIpc) is 3.96. The van der Waals surface area contributed by atoms with E-state index in [9.17, 15) is 24.0 Å². The number of rotatable bonds is 14. The maximum Gasteiger partial charge on any atom is 0.264 e. The van der Waals surface area contributed by atoms with E-state index in [1.165, 1.54) is 12.1 Å². The van der Waals surface area contributed by atoms with Crippen LogP contribution in [-0.4, -0.2) is 85.3 Å². The Balaban J connectivity index is 0.763. The molecule has 0 aliphatic carbocycles. The monoisotopic (exact) mass is 743 g/mol. The highest BCUT2D eigenvalue weighted by Crippen LogP contribution is 2.34. The topological polar surface area (TPSA) is 174 Å². The third-order valence-electron chi connectivity index (χ3n) is 11.1. The van der Waals surface area contributed by atoms with Crippen molar-refractivity contribution in [1.82, 2.24) is 34.9 Å². The lowest BCUT2D eigenvalue weighted by molar-refractivity contribution is -0.136. The van der Waals surface area contributed by atoms with Crippen LogP contribution in [0, 0.1) is 0 Å². The van der Waals surface area contributed by atoms with Crippen molar-refractivity contribution in [3.8, 4) is 0 Å². The van der Waals surface area contributed by atoms with Crippen LogP contribution in [0.2, 0.25) is 0 Å². The molecule has 0 bridgehead atoms. The summed E-state index contributed by atoms with van der Waals surface area (Å²) in [6.45, 7) is 2.53. The lowest BCUT2D eigenvalue weighted by atomic mass is 10.0. The Morgan fingerprint density at radius 2 is 1.73 bits per heavy atom. The Morgan fingerprint density at radius 3 is 2.55 bits per heavy atom. The molecule has 2 saturated heterocycles. The van der Waals surface area contributed by atoms with Crippen LogP contribution in [0.3, 0.4) is 0 Å². The molecule has 14 nitrogen and oxygen atoms in total. The van der Waals surface area contributed by atoms with E-state index >= 15 is 0 Å². The first kappa shape index (κ1) is 36.1. The van der Waals surface area contributed by atoms with E-state index in [4.69, 9.17) is 0 Å². The highest BCUT2D eigenvalue weighted by molar-refractivity contribution is 6.25. The van der Waals surface area contributed by atoms with Crippen LogP contribution in [0.4, 0.5) is 11.5 Å². The van der Waals surface area contributed by atoms with Gasteiger partial charge < -0.3 is 15.6 Å². The van der Waals surface area contributed by atoms with E-state index in [2.05, 4.69) is 49.0 Å². The van der Waals surface area contributed by atoms with Crippen LogP contribution in [-0.2, 0) is 16.1 Å². The zero-order valence-electron chi connectivity index (χ0n) is 30.9. The molecule has 14 heteroatoms. The van der Waals surface area contributed by atoms with Crippen LogP contribution in [0.15, 0.2) is 60.9 Å². The molecule has 284 valence electrons. The number of imide groups is 2. The summed E-state index contributed by atoms with van der Waals surface area (Å²) in [5.41, 5.74) is 4.82. The average molecular weight is 744 g/mol. The smallest absolute Gasteiger partial charge is 0.264 e. The normalized spacial score (nSPS) is 18.7. The van der Waals surface area contributed by atoms with Gasteiger partial charge in [-0.05, 0) is 82.1 Å². The van der Waals surface area contributed by atoms with Gasteiger partial charge in [0.05, 0.1) is 28.4 Å². The molecule has 0 radical (unpaired) electrons. The van der Waals surface area contributed by atoms with Crippen molar-refractivity contribution in [2.75, 3.05) is 30.8 Å². The highest BCUT2D eigenvalue weighted by atomic mass is 16.2. The first-order chi connectivity index (χ1) is 26.7. The summed E-state index contributed by atoms with van der Waals surface area (Å²) in [5.74, 6) is -1.73. The molecule has 3 aliphatic heterocycles. The molecule has 55 heavy (non-hydrogen) atoms. The van der Waals surface area contributed by atoms with E-state index in [0.717, 1.165) is 84.7 Å². The first-order valence-electron chi connectivity index (χ1n) is 19.3. The van der Waals surface area contributed by atoms with Crippen LogP contribution in [0.1, 0.15) is 107 Å². The summed E-state index contributed by atoms with van der Waals surface area (Å²) in [6, 6.07) is 14.2. The van der Waals surface area contributed by atoms with Crippen molar-refractivity contribution in [1.29, 1.82) is 0 Å². The van der Waals surface area contributed by atoms with Gasteiger partial charge in [0, 0.05) is 65.5 Å². The second-order valence-corrected chi connectivity index (χ2v) is 14.8. The number of aryl methyl sites for hydroxylation is 1. The molecule has 5 aromatic rings. The molecule has 2 atom stereocenters. The summed E-state index contributed by atoms with van der Waals surface area (Å²) < 4.78 is 1.99. The molecule has 2 aromatic carbocycles. The molecule has 3 aromatic heterocycles. The quantitative estimate of drug-likeness (QED) is 0.0812. The molecule has 5 amide bonds. The number of likely N-dealkylation sites (tertiary alicyclic amines) is 1.